The van der Waals surface area contributed by atoms with Crippen molar-refractivity contribution in [2.24, 2.45) is 11.5 Å². The van der Waals surface area contributed by atoms with Crippen LogP contribution in [0.4, 0.5) is 0 Å². The molecule has 0 radical (unpaired) electrons. The molecule has 0 aliphatic rings. The summed E-state index contributed by atoms with van der Waals surface area (Å²) in [5, 5.41) is 0. The monoisotopic (exact) mass is 627 g/mol. The molecule has 0 atom stereocenters. The average molecular weight is 628 g/mol. The van der Waals surface area contributed by atoms with Crippen LogP contribution in [0.3, 0.4) is 0 Å². The van der Waals surface area contributed by atoms with Gasteiger partial charge in [0.25, 0.3) is 0 Å². The fraction of sp³-hybridized carbons (Fsp3) is 0.400. The maximum absolute atomic E-state index is 5.45. The molecule has 2 aromatic carbocycles. The van der Waals surface area contributed by atoms with Crippen molar-refractivity contribution in [1.29, 1.82) is 0 Å². The first kappa shape index (κ1) is 27.8. The molecule has 0 heterocycles. The molecule has 4 N–H and O–H groups in total. The number of ether oxygens (including phenoxy) is 4. The van der Waals surface area contributed by atoms with E-state index >= 15 is 0 Å². The van der Waals surface area contributed by atoms with Gasteiger partial charge in [0.1, 0.15) is 0 Å². The molecule has 0 fully saturated rings. The summed E-state index contributed by atoms with van der Waals surface area (Å²) in [6, 6.07) is 11.7. The number of rotatable bonds is 8. The van der Waals surface area contributed by atoms with E-state index in [1.807, 2.05) is 36.4 Å². The first-order chi connectivity index (χ1) is 14.0. The van der Waals surface area contributed by atoms with Gasteiger partial charge in [-0.15, -0.1) is 0 Å². The molecule has 6 nitrogen and oxygen atoms in total. The third kappa shape index (κ3) is 11.0. The second kappa shape index (κ2) is 17.7. The van der Waals surface area contributed by atoms with Crippen LogP contribution in [-0.4, -0.2) is 41.5 Å². The zero-order valence-electron chi connectivity index (χ0n) is 17.2. The van der Waals surface area contributed by atoms with Gasteiger partial charge in [0.05, 0.1) is 28.4 Å². The Morgan fingerprint density at radius 1 is 0.655 bits per heavy atom. The molecule has 0 bridgehead atoms. The van der Waals surface area contributed by atoms with Gasteiger partial charge in [-0.05, 0) is 61.3 Å². The first-order valence-electron chi connectivity index (χ1n) is 8.69. The Morgan fingerprint density at radius 2 is 0.966 bits per heavy atom. The van der Waals surface area contributed by atoms with Gasteiger partial charge in [0, 0.05) is 0 Å². The van der Waals surface area contributed by atoms with Crippen LogP contribution in [0.15, 0.2) is 36.4 Å². The molecule has 168 valence electrons. The minimum absolute atomic E-state index is 0.472. The molecule has 0 saturated carbocycles. The summed E-state index contributed by atoms with van der Waals surface area (Å²) in [6.45, 7) is 1.30. The Morgan fingerprint density at radius 3 is 1.21 bits per heavy atom. The standard InChI is InChI=1S/2C10H15NO2.2ClH.Pt/c2*1-12-9-4-3-8(5-6-11)7-10(9)13-2;;;/h2*3-4,7H,5-6,11H2,1-2H3;2*1H;/q;;;;+2/p-2. The zero-order chi connectivity index (χ0) is 22.1. The van der Waals surface area contributed by atoms with E-state index in [2.05, 4.69) is 0 Å². The van der Waals surface area contributed by atoms with Crippen LogP contribution in [-0.2, 0) is 29.3 Å². The second-order valence-electron chi connectivity index (χ2n) is 5.50. The van der Waals surface area contributed by atoms with Gasteiger partial charge in [-0.2, -0.15) is 0 Å². The average Bonchev–Trinajstić information content (AvgIpc) is 2.75. The zero-order valence-corrected chi connectivity index (χ0v) is 20.9. The van der Waals surface area contributed by atoms with E-state index in [4.69, 9.17) is 49.3 Å². The van der Waals surface area contributed by atoms with Crippen LogP contribution >= 0.6 is 18.8 Å². The van der Waals surface area contributed by atoms with E-state index in [-0.39, 0.29) is 0 Å². The number of benzene rings is 2. The summed E-state index contributed by atoms with van der Waals surface area (Å²) in [5.41, 5.74) is 13.2. The molecule has 0 amide bonds. The van der Waals surface area contributed by atoms with Crippen LogP contribution in [0.5, 0.6) is 23.0 Å². The van der Waals surface area contributed by atoms with Crippen molar-refractivity contribution in [3.63, 3.8) is 0 Å². The van der Waals surface area contributed by atoms with Crippen molar-refractivity contribution >= 4 is 18.8 Å². The van der Waals surface area contributed by atoms with Crippen molar-refractivity contribution in [3.8, 4) is 23.0 Å². The summed E-state index contributed by atoms with van der Waals surface area (Å²) < 4.78 is 20.5. The van der Waals surface area contributed by atoms with Crippen LogP contribution in [0.25, 0.3) is 0 Å². The van der Waals surface area contributed by atoms with Crippen molar-refractivity contribution in [1.82, 2.24) is 0 Å². The third-order valence-corrected chi connectivity index (χ3v) is 3.76. The predicted octanol–water partition coefficient (Wildman–Crippen LogP) is 3.79. The van der Waals surface area contributed by atoms with Gasteiger partial charge < -0.3 is 30.4 Å². The van der Waals surface area contributed by atoms with Crippen LogP contribution < -0.4 is 30.4 Å². The molecule has 2 aromatic rings. The molecule has 2 rings (SSSR count). The quantitative estimate of drug-likeness (QED) is 0.463. The molecule has 0 unspecified atom stereocenters. The van der Waals surface area contributed by atoms with Gasteiger partial charge in [0.2, 0.25) is 0 Å². The number of nitrogens with two attached hydrogens (primary N) is 2. The van der Waals surface area contributed by atoms with Crippen LogP contribution in [0.1, 0.15) is 11.1 Å². The van der Waals surface area contributed by atoms with Crippen molar-refractivity contribution < 1.29 is 35.4 Å². The van der Waals surface area contributed by atoms with Crippen molar-refractivity contribution in [2.75, 3.05) is 41.5 Å². The Labute approximate surface area is 190 Å². The molecule has 0 aromatic heterocycles. The normalized spacial score (nSPS) is 9.52. The summed E-state index contributed by atoms with van der Waals surface area (Å²) in [4.78, 5) is 0. The SMILES string of the molecule is COc1ccc(CCN)cc1OC.COc1ccc(CCN)cc1OC.[Cl][Pt][Cl]. The fourth-order valence-corrected chi connectivity index (χ4v) is 2.41. The predicted molar refractivity (Wildman–Crippen MR) is 116 cm³/mol. The number of hydrogen-bond donors (Lipinski definition) is 2. The minimum atomic E-state index is -0.472. The second-order valence-corrected chi connectivity index (χ2v) is 8.78. The van der Waals surface area contributed by atoms with E-state index in [0.29, 0.717) is 13.1 Å². The molecule has 0 aliphatic carbocycles. The molecule has 0 aliphatic heterocycles. The van der Waals surface area contributed by atoms with Gasteiger partial charge in [-0.25, -0.2) is 0 Å². The molecule has 29 heavy (non-hydrogen) atoms. The van der Waals surface area contributed by atoms with E-state index in [9.17, 15) is 0 Å². The van der Waals surface area contributed by atoms with E-state index in [1.54, 1.807) is 28.4 Å². The van der Waals surface area contributed by atoms with Crippen molar-refractivity contribution in [3.05, 3.63) is 47.5 Å². The molecular formula is C20H30Cl2N2O4Pt. The van der Waals surface area contributed by atoms with Crippen molar-refractivity contribution in [2.45, 2.75) is 12.8 Å². The van der Waals surface area contributed by atoms with Crippen LogP contribution in [0, 0.1) is 0 Å². The summed E-state index contributed by atoms with van der Waals surface area (Å²) in [7, 11) is 16.3. The molecule has 0 saturated heterocycles. The Bertz CT molecular complexity index is 636. The summed E-state index contributed by atoms with van der Waals surface area (Å²) in [5.74, 6) is 3.02. The molecular weight excluding hydrogens is 598 g/mol. The van der Waals surface area contributed by atoms with Gasteiger partial charge in [0.15, 0.2) is 23.0 Å². The first-order valence-corrected chi connectivity index (χ1v) is 14.3. The van der Waals surface area contributed by atoms with Crippen LogP contribution in [0.2, 0.25) is 0 Å². The number of halogens is 2. The summed E-state index contributed by atoms with van der Waals surface area (Å²) in [6.07, 6.45) is 1.72. The van der Waals surface area contributed by atoms with E-state index in [0.717, 1.165) is 35.8 Å². The molecule has 0 spiro atoms. The number of methoxy groups -OCH3 is 4. The van der Waals surface area contributed by atoms with Gasteiger partial charge >= 0.3 is 35.3 Å². The Hall–Kier alpha value is -1.17. The molecule has 9 heteroatoms. The summed E-state index contributed by atoms with van der Waals surface area (Å²) >= 11 is -0.472. The van der Waals surface area contributed by atoms with E-state index < -0.39 is 16.5 Å². The van der Waals surface area contributed by atoms with E-state index in [1.165, 1.54) is 11.1 Å². The van der Waals surface area contributed by atoms with Gasteiger partial charge in [-0.3, -0.25) is 0 Å². The maximum atomic E-state index is 5.45. The third-order valence-electron chi connectivity index (χ3n) is 3.76. The van der Waals surface area contributed by atoms with Gasteiger partial charge in [-0.1, -0.05) is 12.1 Å². The Balaban J connectivity index is 0.000000477. The number of hydrogen-bond acceptors (Lipinski definition) is 6. The fourth-order valence-electron chi connectivity index (χ4n) is 2.41. The topological polar surface area (TPSA) is 89.0 Å². The Kier molecular flexibility index (Phi) is 17.0.